The molecule has 2 aliphatic rings. The molecule has 1 saturated carbocycles. The number of pyridine rings is 2. The van der Waals surface area contributed by atoms with Crippen LogP contribution < -0.4 is 5.32 Å². The molecule has 8 heteroatoms. The summed E-state index contributed by atoms with van der Waals surface area (Å²) in [5.41, 5.74) is 4.07. The number of carbonyl (C=O) groups is 2. The number of piperidine rings is 1. The zero-order chi connectivity index (χ0) is 24.7. The number of nitrogens with zero attached hydrogens (tertiary/aromatic N) is 5. The van der Waals surface area contributed by atoms with Gasteiger partial charge in [-0.2, -0.15) is 5.10 Å². The standard InChI is InChI=1S/C27H34N6O2/c1-17-23-21(14-22(19-7-8-19)30-24(23)33(31-17)27(2,3)4)26(35)32-12-9-20(10-13-32)25(34)29-16-18-6-5-11-28-15-18/h5-6,11,14-15,19-20H,7-10,12-13,16H2,1-4H3,(H,29,34). The van der Waals surface area contributed by atoms with E-state index in [4.69, 9.17) is 10.1 Å². The molecule has 4 heterocycles. The molecule has 8 nitrogen and oxygen atoms in total. The number of hydrogen-bond acceptors (Lipinski definition) is 5. The number of amides is 2. The van der Waals surface area contributed by atoms with Gasteiger partial charge in [0.15, 0.2) is 5.65 Å². The van der Waals surface area contributed by atoms with E-state index in [-0.39, 0.29) is 23.3 Å². The van der Waals surface area contributed by atoms with Crippen molar-refractivity contribution in [2.75, 3.05) is 13.1 Å². The molecule has 5 rings (SSSR count). The van der Waals surface area contributed by atoms with Crippen molar-refractivity contribution in [3.63, 3.8) is 0 Å². The van der Waals surface area contributed by atoms with Crippen molar-refractivity contribution < 1.29 is 9.59 Å². The van der Waals surface area contributed by atoms with Crippen LogP contribution in [0.1, 0.15) is 79.7 Å². The normalized spacial score (nSPS) is 17.1. The topological polar surface area (TPSA) is 93.0 Å². The van der Waals surface area contributed by atoms with E-state index >= 15 is 0 Å². The van der Waals surface area contributed by atoms with Gasteiger partial charge in [-0.15, -0.1) is 0 Å². The summed E-state index contributed by atoms with van der Waals surface area (Å²) in [4.78, 5) is 37.4. The number of rotatable bonds is 5. The molecule has 3 aromatic heterocycles. The van der Waals surface area contributed by atoms with Crippen LogP contribution in [0.15, 0.2) is 30.6 Å². The Morgan fingerprint density at radius 1 is 1.14 bits per heavy atom. The van der Waals surface area contributed by atoms with Gasteiger partial charge in [0.2, 0.25) is 5.91 Å². The molecule has 1 saturated heterocycles. The fourth-order valence-corrected chi connectivity index (χ4v) is 4.88. The molecule has 35 heavy (non-hydrogen) atoms. The summed E-state index contributed by atoms with van der Waals surface area (Å²) in [6, 6.07) is 5.81. The van der Waals surface area contributed by atoms with Crippen LogP contribution in [0.2, 0.25) is 0 Å². The lowest BCUT2D eigenvalue weighted by molar-refractivity contribution is -0.126. The van der Waals surface area contributed by atoms with Gasteiger partial charge < -0.3 is 10.2 Å². The van der Waals surface area contributed by atoms with Crippen LogP contribution in [0, 0.1) is 12.8 Å². The van der Waals surface area contributed by atoms with Crippen LogP contribution in [-0.4, -0.2) is 49.6 Å². The third-order valence-corrected chi connectivity index (χ3v) is 7.04. The van der Waals surface area contributed by atoms with Crippen molar-refractivity contribution >= 4 is 22.8 Å². The number of fused-ring (bicyclic) bond motifs is 1. The lowest BCUT2D eigenvalue weighted by atomic mass is 9.95. The molecule has 2 fully saturated rings. The average molecular weight is 475 g/mol. The first-order valence-corrected chi connectivity index (χ1v) is 12.6. The highest BCUT2D eigenvalue weighted by molar-refractivity contribution is 6.06. The van der Waals surface area contributed by atoms with Gasteiger partial charge in [-0.25, -0.2) is 9.67 Å². The zero-order valence-corrected chi connectivity index (χ0v) is 21.0. The van der Waals surface area contributed by atoms with E-state index in [0.717, 1.165) is 40.8 Å². The molecule has 1 N–H and O–H groups in total. The Balaban J connectivity index is 1.33. The average Bonchev–Trinajstić information content (AvgIpc) is 3.65. The fourth-order valence-electron chi connectivity index (χ4n) is 4.88. The van der Waals surface area contributed by atoms with Gasteiger partial charge in [-0.3, -0.25) is 14.6 Å². The number of carbonyl (C=O) groups excluding carboxylic acids is 2. The zero-order valence-electron chi connectivity index (χ0n) is 21.0. The largest absolute Gasteiger partial charge is 0.352 e. The second-order valence-corrected chi connectivity index (χ2v) is 10.9. The molecule has 0 spiro atoms. The van der Waals surface area contributed by atoms with Crippen LogP contribution in [0.5, 0.6) is 0 Å². The Hall–Kier alpha value is -3.29. The Bertz CT molecular complexity index is 1250. The van der Waals surface area contributed by atoms with E-state index in [9.17, 15) is 9.59 Å². The number of likely N-dealkylation sites (tertiary alicyclic amines) is 1. The quantitative estimate of drug-likeness (QED) is 0.605. The van der Waals surface area contributed by atoms with Gasteiger partial charge in [0.05, 0.1) is 22.2 Å². The Kier molecular flexibility index (Phi) is 6.07. The number of nitrogens with one attached hydrogen (secondary N) is 1. The number of hydrogen-bond donors (Lipinski definition) is 1. The summed E-state index contributed by atoms with van der Waals surface area (Å²) < 4.78 is 1.96. The summed E-state index contributed by atoms with van der Waals surface area (Å²) in [6.45, 7) is 9.89. The number of aryl methyl sites for hydroxylation is 1. The second-order valence-electron chi connectivity index (χ2n) is 10.9. The smallest absolute Gasteiger partial charge is 0.254 e. The summed E-state index contributed by atoms with van der Waals surface area (Å²) in [7, 11) is 0. The molecule has 0 bridgehead atoms. The maximum atomic E-state index is 13.8. The Morgan fingerprint density at radius 3 is 2.51 bits per heavy atom. The van der Waals surface area contributed by atoms with Crippen LogP contribution in [0.3, 0.4) is 0 Å². The monoisotopic (exact) mass is 474 g/mol. The van der Waals surface area contributed by atoms with E-state index < -0.39 is 0 Å². The highest BCUT2D eigenvalue weighted by Gasteiger charge is 2.33. The summed E-state index contributed by atoms with van der Waals surface area (Å²) in [5.74, 6) is 0.417. The predicted molar refractivity (Wildman–Crippen MR) is 134 cm³/mol. The van der Waals surface area contributed by atoms with E-state index in [0.29, 0.717) is 44.0 Å². The molecular formula is C27H34N6O2. The molecule has 0 atom stereocenters. The van der Waals surface area contributed by atoms with Crippen molar-refractivity contribution in [2.45, 2.75) is 71.4 Å². The fraction of sp³-hybridized carbons (Fsp3) is 0.519. The van der Waals surface area contributed by atoms with Gasteiger partial charge in [-0.05, 0) is 71.1 Å². The first kappa shape index (κ1) is 23.5. The molecule has 2 amide bonds. The Morgan fingerprint density at radius 2 is 1.89 bits per heavy atom. The number of aromatic nitrogens is 4. The predicted octanol–water partition coefficient (Wildman–Crippen LogP) is 3.94. The lowest BCUT2D eigenvalue weighted by Crippen LogP contribution is -2.43. The lowest BCUT2D eigenvalue weighted by Gasteiger charge is -2.31. The van der Waals surface area contributed by atoms with Crippen LogP contribution in [-0.2, 0) is 16.9 Å². The molecular weight excluding hydrogens is 440 g/mol. The van der Waals surface area contributed by atoms with Crippen molar-refractivity contribution in [2.24, 2.45) is 5.92 Å². The van der Waals surface area contributed by atoms with Crippen molar-refractivity contribution in [1.29, 1.82) is 0 Å². The van der Waals surface area contributed by atoms with E-state index in [1.807, 2.05) is 34.7 Å². The minimum absolute atomic E-state index is 0.0186. The molecule has 1 aliphatic carbocycles. The third kappa shape index (κ3) is 4.79. The van der Waals surface area contributed by atoms with E-state index in [1.165, 1.54) is 0 Å². The molecule has 1 aliphatic heterocycles. The molecule has 0 radical (unpaired) electrons. The molecule has 3 aromatic rings. The minimum atomic E-state index is -0.233. The maximum absolute atomic E-state index is 13.8. The maximum Gasteiger partial charge on any atom is 0.254 e. The van der Waals surface area contributed by atoms with Crippen molar-refractivity contribution in [3.8, 4) is 0 Å². The van der Waals surface area contributed by atoms with Gasteiger partial charge in [0.25, 0.3) is 5.91 Å². The first-order chi connectivity index (χ1) is 16.7. The van der Waals surface area contributed by atoms with Gasteiger partial charge >= 0.3 is 0 Å². The van der Waals surface area contributed by atoms with E-state index in [1.54, 1.807) is 12.4 Å². The molecule has 184 valence electrons. The van der Waals surface area contributed by atoms with Gasteiger partial charge in [-0.1, -0.05) is 6.07 Å². The first-order valence-electron chi connectivity index (χ1n) is 12.6. The highest BCUT2D eigenvalue weighted by Crippen LogP contribution is 2.41. The van der Waals surface area contributed by atoms with Crippen molar-refractivity contribution in [3.05, 3.63) is 53.1 Å². The highest BCUT2D eigenvalue weighted by atomic mass is 16.2. The third-order valence-electron chi connectivity index (χ3n) is 7.04. The Labute approximate surface area is 206 Å². The van der Waals surface area contributed by atoms with Gasteiger partial charge in [0, 0.05) is 49.6 Å². The van der Waals surface area contributed by atoms with E-state index in [2.05, 4.69) is 31.1 Å². The molecule has 0 aromatic carbocycles. The minimum Gasteiger partial charge on any atom is -0.352 e. The molecule has 0 unspecified atom stereocenters. The van der Waals surface area contributed by atoms with Crippen LogP contribution >= 0.6 is 0 Å². The van der Waals surface area contributed by atoms with Gasteiger partial charge in [0.1, 0.15) is 0 Å². The second kappa shape index (κ2) is 9.06. The van der Waals surface area contributed by atoms with Crippen molar-refractivity contribution in [1.82, 2.24) is 30.0 Å². The van der Waals surface area contributed by atoms with Crippen LogP contribution in [0.4, 0.5) is 0 Å². The van der Waals surface area contributed by atoms with Crippen LogP contribution in [0.25, 0.3) is 11.0 Å². The summed E-state index contributed by atoms with van der Waals surface area (Å²) in [6.07, 6.45) is 7.04. The summed E-state index contributed by atoms with van der Waals surface area (Å²) >= 11 is 0. The SMILES string of the molecule is Cc1nn(C(C)(C)C)c2nc(C3CC3)cc(C(=O)N3CCC(C(=O)NCc4cccnc4)CC3)c12. The summed E-state index contributed by atoms with van der Waals surface area (Å²) in [5, 5.41) is 8.65.